The van der Waals surface area contributed by atoms with Crippen molar-refractivity contribution in [3.8, 4) is 0 Å². The molecule has 0 unspecified atom stereocenters. The molecule has 1 saturated heterocycles. The number of hydrogen-bond acceptors (Lipinski definition) is 5. The highest BCUT2D eigenvalue weighted by molar-refractivity contribution is 5.96. The number of carbonyl (C=O) groups is 3. The van der Waals surface area contributed by atoms with Gasteiger partial charge in [-0.15, -0.1) is 0 Å². The summed E-state index contributed by atoms with van der Waals surface area (Å²) in [5.41, 5.74) is -0.195. The Kier molecular flexibility index (Phi) is 6.72. The van der Waals surface area contributed by atoms with Gasteiger partial charge < -0.3 is 9.47 Å². The number of rotatable bonds is 6. The Morgan fingerprint density at radius 2 is 1.47 bits per heavy atom. The van der Waals surface area contributed by atoms with Crippen LogP contribution in [0.2, 0.25) is 0 Å². The van der Waals surface area contributed by atoms with Gasteiger partial charge in [0.2, 0.25) is 5.91 Å². The third-order valence-corrected chi connectivity index (χ3v) is 5.41. The third kappa shape index (κ3) is 4.69. The average Bonchev–Trinajstić information content (AvgIpc) is 3.06. The molecule has 3 rings (SSSR count). The molecule has 0 saturated carbocycles. The van der Waals surface area contributed by atoms with Crippen LogP contribution in [0.15, 0.2) is 60.7 Å². The van der Waals surface area contributed by atoms with Crippen molar-refractivity contribution >= 4 is 18.0 Å². The van der Waals surface area contributed by atoms with E-state index in [0.29, 0.717) is 0 Å². The van der Waals surface area contributed by atoms with Gasteiger partial charge in [-0.2, -0.15) is 0 Å². The number of benzene rings is 2. The largest absolute Gasteiger partial charge is 0.460 e. The summed E-state index contributed by atoms with van der Waals surface area (Å²) in [4.78, 5) is 39.7. The number of imide groups is 1. The van der Waals surface area contributed by atoms with Crippen molar-refractivity contribution in [2.45, 2.75) is 64.7 Å². The number of nitrogens with zero attached hydrogens (tertiary/aromatic N) is 1. The van der Waals surface area contributed by atoms with Gasteiger partial charge in [-0.1, -0.05) is 74.5 Å². The fourth-order valence-corrected chi connectivity index (χ4v) is 4.29. The van der Waals surface area contributed by atoms with Crippen molar-refractivity contribution in [3.63, 3.8) is 0 Å². The maximum Gasteiger partial charge on any atom is 0.418 e. The Bertz CT molecular complexity index is 923. The van der Waals surface area contributed by atoms with Crippen molar-refractivity contribution in [2.24, 2.45) is 5.92 Å². The first-order chi connectivity index (χ1) is 15.1. The molecule has 1 heterocycles. The smallest absolute Gasteiger partial charge is 0.418 e. The van der Waals surface area contributed by atoms with Crippen molar-refractivity contribution < 1.29 is 23.9 Å². The summed E-state index contributed by atoms with van der Waals surface area (Å²) in [6, 6.07) is 18.4. The molecule has 2 aromatic carbocycles. The molecule has 0 spiro atoms. The van der Waals surface area contributed by atoms with Gasteiger partial charge in [0.25, 0.3) is 0 Å². The van der Waals surface area contributed by atoms with E-state index in [4.69, 9.17) is 9.47 Å². The first-order valence-electron chi connectivity index (χ1n) is 10.9. The quantitative estimate of drug-likeness (QED) is 0.591. The van der Waals surface area contributed by atoms with Crippen molar-refractivity contribution in [1.29, 1.82) is 0 Å². The molecule has 2 amide bonds. The van der Waals surface area contributed by atoms with Gasteiger partial charge in [-0.25, -0.2) is 9.69 Å². The van der Waals surface area contributed by atoms with Crippen LogP contribution in [0.25, 0.3) is 0 Å². The first-order valence-corrected chi connectivity index (χ1v) is 10.9. The van der Waals surface area contributed by atoms with Gasteiger partial charge in [0, 0.05) is 17.5 Å². The maximum absolute atomic E-state index is 13.2. The van der Waals surface area contributed by atoms with Gasteiger partial charge in [-0.05, 0) is 26.7 Å². The van der Waals surface area contributed by atoms with E-state index in [9.17, 15) is 14.4 Å². The predicted molar refractivity (Wildman–Crippen MR) is 121 cm³/mol. The Morgan fingerprint density at radius 1 is 0.969 bits per heavy atom. The van der Waals surface area contributed by atoms with Gasteiger partial charge in [0.05, 0.1) is 12.5 Å². The zero-order chi connectivity index (χ0) is 23.5. The Hall–Kier alpha value is -3.15. The average molecular weight is 438 g/mol. The highest BCUT2D eigenvalue weighted by atomic mass is 16.6. The Morgan fingerprint density at radius 3 is 1.91 bits per heavy atom. The van der Waals surface area contributed by atoms with Crippen LogP contribution in [0.1, 0.15) is 58.6 Å². The van der Waals surface area contributed by atoms with Crippen LogP contribution < -0.4 is 0 Å². The normalized spacial score (nSPS) is 17.9. The lowest BCUT2D eigenvalue weighted by Crippen LogP contribution is -2.49. The third-order valence-electron chi connectivity index (χ3n) is 5.41. The standard InChI is InChI=1S/C26H31NO5/c1-18(2)23-26(19-12-8-6-9-13-19,20-14-10-7-11-15-20)32-24(30)27(23)21(28)16-17-22(29)31-25(3,4)5/h6-15,18,23H,16-17H2,1-5H3/t23-/m1/s1. The highest BCUT2D eigenvalue weighted by Crippen LogP contribution is 2.47. The second-order valence-electron chi connectivity index (χ2n) is 9.37. The minimum atomic E-state index is -1.14. The number of cyclic esters (lactones) is 1. The lowest BCUT2D eigenvalue weighted by atomic mass is 9.75. The van der Waals surface area contributed by atoms with Crippen LogP contribution in [0.3, 0.4) is 0 Å². The van der Waals surface area contributed by atoms with Crippen LogP contribution >= 0.6 is 0 Å². The molecule has 0 radical (unpaired) electrons. The second-order valence-corrected chi connectivity index (χ2v) is 9.37. The van der Waals surface area contributed by atoms with Crippen LogP contribution in [-0.2, 0) is 24.7 Å². The number of ether oxygens (including phenoxy) is 2. The molecule has 1 aliphatic heterocycles. The Balaban J connectivity index is 1.98. The van der Waals surface area contributed by atoms with Gasteiger partial charge in [0.15, 0.2) is 5.60 Å². The number of amides is 2. The molecular weight excluding hydrogens is 406 g/mol. The molecular formula is C26H31NO5. The van der Waals surface area contributed by atoms with E-state index >= 15 is 0 Å². The minimum Gasteiger partial charge on any atom is -0.460 e. The number of esters is 1. The molecule has 2 aromatic rings. The fourth-order valence-electron chi connectivity index (χ4n) is 4.29. The minimum absolute atomic E-state index is 0.103. The number of carbonyl (C=O) groups excluding carboxylic acids is 3. The van der Waals surface area contributed by atoms with Crippen LogP contribution in [0.4, 0.5) is 4.79 Å². The van der Waals surface area contributed by atoms with E-state index in [1.807, 2.05) is 74.5 Å². The van der Waals surface area contributed by atoms with E-state index < -0.39 is 35.2 Å². The van der Waals surface area contributed by atoms with Gasteiger partial charge in [0.1, 0.15) is 5.60 Å². The SMILES string of the molecule is CC(C)[C@H]1N(C(=O)CCC(=O)OC(C)(C)C)C(=O)OC1(c1ccccc1)c1ccccc1. The summed E-state index contributed by atoms with van der Waals surface area (Å²) in [7, 11) is 0. The van der Waals surface area contributed by atoms with Gasteiger partial charge >= 0.3 is 12.1 Å². The second kappa shape index (κ2) is 9.15. The summed E-state index contributed by atoms with van der Waals surface area (Å²) in [6.45, 7) is 9.23. The first kappa shape index (κ1) is 23.5. The van der Waals surface area contributed by atoms with E-state index in [2.05, 4.69) is 0 Å². The summed E-state index contributed by atoms with van der Waals surface area (Å²) < 4.78 is 11.4. The van der Waals surface area contributed by atoms with Crippen molar-refractivity contribution in [3.05, 3.63) is 71.8 Å². The summed E-state index contributed by atoms with van der Waals surface area (Å²) in [6.07, 6.45) is -0.938. The fraction of sp³-hybridized carbons (Fsp3) is 0.423. The van der Waals surface area contributed by atoms with Crippen molar-refractivity contribution in [1.82, 2.24) is 4.90 Å². The van der Waals surface area contributed by atoms with Crippen LogP contribution in [-0.4, -0.2) is 34.5 Å². The lowest BCUT2D eigenvalue weighted by Gasteiger charge is -2.37. The summed E-state index contributed by atoms with van der Waals surface area (Å²) in [5, 5.41) is 0. The lowest BCUT2D eigenvalue weighted by molar-refractivity contribution is -0.156. The maximum atomic E-state index is 13.2. The highest BCUT2D eigenvalue weighted by Gasteiger charge is 2.59. The topological polar surface area (TPSA) is 72.9 Å². The zero-order valence-electron chi connectivity index (χ0n) is 19.3. The molecule has 0 aliphatic carbocycles. The molecule has 0 aromatic heterocycles. The Labute approximate surface area is 189 Å². The molecule has 1 atom stereocenters. The van der Waals surface area contributed by atoms with Crippen molar-refractivity contribution in [2.75, 3.05) is 0 Å². The molecule has 0 N–H and O–H groups in total. The molecule has 6 nitrogen and oxygen atoms in total. The van der Waals surface area contributed by atoms with E-state index in [1.165, 1.54) is 4.90 Å². The molecule has 32 heavy (non-hydrogen) atoms. The van der Waals surface area contributed by atoms with Gasteiger partial charge in [-0.3, -0.25) is 9.59 Å². The van der Waals surface area contributed by atoms with Crippen LogP contribution in [0.5, 0.6) is 0 Å². The molecule has 6 heteroatoms. The monoisotopic (exact) mass is 437 g/mol. The molecule has 1 fully saturated rings. The molecule has 0 bridgehead atoms. The molecule has 1 aliphatic rings. The van der Waals surface area contributed by atoms with Crippen LogP contribution in [0, 0.1) is 5.92 Å². The zero-order valence-corrected chi connectivity index (χ0v) is 19.3. The number of hydrogen-bond donors (Lipinski definition) is 0. The van der Waals surface area contributed by atoms with E-state index in [-0.39, 0.29) is 18.8 Å². The van der Waals surface area contributed by atoms with E-state index in [0.717, 1.165) is 11.1 Å². The summed E-state index contributed by atoms with van der Waals surface area (Å²) >= 11 is 0. The summed E-state index contributed by atoms with van der Waals surface area (Å²) in [5.74, 6) is -1.03. The molecule has 170 valence electrons. The van der Waals surface area contributed by atoms with E-state index in [1.54, 1.807) is 20.8 Å². The predicted octanol–water partition coefficient (Wildman–Crippen LogP) is 5.06.